The van der Waals surface area contributed by atoms with Crippen molar-refractivity contribution in [3.8, 4) is 22.8 Å². The minimum atomic E-state index is -0.504. The summed E-state index contributed by atoms with van der Waals surface area (Å²) in [6.45, 7) is -0.00623. The summed E-state index contributed by atoms with van der Waals surface area (Å²) in [5.41, 5.74) is 1.23. The fourth-order valence-corrected chi connectivity index (χ4v) is 5.08. The van der Waals surface area contributed by atoms with Crippen LogP contribution in [0.15, 0.2) is 51.9 Å². The summed E-state index contributed by atoms with van der Waals surface area (Å²) in [6.07, 6.45) is 6.78. The van der Waals surface area contributed by atoms with Crippen LogP contribution in [0, 0.1) is 20.2 Å². The van der Waals surface area contributed by atoms with Crippen molar-refractivity contribution in [2.24, 2.45) is 10.1 Å². The molecule has 12 heteroatoms. The van der Waals surface area contributed by atoms with E-state index in [9.17, 15) is 20.2 Å². The number of ether oxygens (including phenoxy) is 2. The fraction of sp³-hybridized carbons (Fsp3) is 0.304. The lowest BCUT2D eigenvalue weighted by Gasteiger charge is -2.16. The lowest BCUT2D eigenvalue weighted by molar-refractivity contribution is -0.385. The molecule has 0 atom stereocenters. The van der Waals surface area contributed by atoms with Gasteiger partial charge in [0, 0.05) is 23.1 Å². The second-order valence-corrected chi connectivity index (χ2v) is 9.05. The second-order valence-electron chi connectivity index (χ2n) is 8.21. The first-order valence-corrected chi connectivity index (χ1v) is 12.0. The summed E-state index contributed by atoms with van der Waals surface area (Å²) in [5, 5.41) is 29.4. The Morgan fingerprint density at radius 2 is 1.80 bits per heavy atom. The van der Waals surface area contributed by atoms with Crippen molar-refractivity contribution in [3.63, 3.8) is 0 Å². The maximum atomic E-state index is 11.7. The number of nitro benzene ring substituents is 2. The third kappa shape index (κ3) is 4.78. The number of fused-ring (bicyclic) bond motifs is 1. The number of nitrogens with zero attached hydrogens (tertiary/aromatic N) is 5. The summed E-state index contributed by atoms with van der Waals surface area (Å²) < 4.78 is 12.2. The minimum absolute atomic E-state index is 0.00623. The molecule has 0 spiro atoms. The van der Waals surface area contributed by atoms with Gasteiger partial charge in [0.1, 0.15) is 0 Å². The zero-order chi connectivity index (χ0) is 24.4. The first-order valence-electron chi connectivity index (χ1n) is 11.1. The Labute approximate surface area is 203 Å². The van der Waals surface area contributed by atoms with Crippen LogP contribution in [0.2, 0.25) is 0 Å². The van der Waals surface area contributed by atoms with E-state index in [2.05, 4.69) is 5.10 Å². The van der Waals surface area contributed by atoms with Crippen molar-refractivity contribution < 1.29 is 19.3 Å². The predicted octanol–water partition coefficient (Wildman–Crippen LogP) is 4.88. The zero-order valence-electron chi connectivity index (χ0n) is 18.5. The van der Waals surface area contributed by atoms with E-state index >= 15 is 0 Å². The Morgan fingerprint density at radius 3 is 2.54 bits per heavy atom. The quantitative estimate of drug-likeness (QED) is 0.272. The van der Waals surface area contributed by atoms with Crippen LogP contribution in [-0.2, 0) is 0 Å². The van der Waals surface area contributed by atoms with Crippen LogP contribution in [-0.4, -0.2) is 33.6 Å². The highest BCUT2D eigenvalue weighted by Crippen LogP contribution is 2.37. The highest BCUT2D eigenvalue weighted by atomic mass is 32.1. The van der Waals surface area contributed by atoms with Crippen molar-refractivity contribution in [3.05, 3.63) is 72.4 Å². The monoisotopic (exact) mass is 495 g/mol. The van der Waals surface area contributed by atoms with E-state index in [4.69, 9.17) is 14.5 Å². The Hall–Kier alpha value is -4.06. The molecule has 1 saturated carbocycles. The molecule has 5 rings (SSSR count). The van der Waals surface area contributed by atoms with Crippen LogP contribution in [0.4, 0.5) is 11.4 Å². The van der Waals surface area contributed by atoms with Crippen LogP contribution in [0.1, 0.15) is 37.7 Å². The SMILES string of the molecule is O=[N+]([O-])c1cccc(-c2csc(=NC3CCCCC3)n2N=Cc2cc3c(cc2[N+](=O)[O-])OCO3)c1. The highest BCUT2D eigenvalue weighted by Gasteiger charge is 2.23. The van der Waals surface area contributed by atoms with Crippen molar-refractivity contribution >= 4 is 28.9 Å². The molecular formula is C23H21N5O6S. The van der Waals surface area contributed by atoms with Gasteiger partial charge in [-0.25, -0.2) is 4.68 Å². The van der Waals surface area contributed by atoms with Gasteiger partial charge in [0.2, 0.25) is 11.6 Å². The molecule has 0 amide bonds. The maximum absolute atomic E-state index is 11.7. The zero-order valence-corrected chi connectivity index (χ0v) is 19.3. The molecule has 0 unspecified atom stereocenters. The number of benzene rings is 2. The van der Waals surface area contributed by atoms with E-state index in [1.165, 1.54) is 48.2 Å². The van der Waals surface area contributed by atoms with Gasteiger partial charge in [-0.1, -0.05) is 31.4 Å². The van der Waals surface area contributed by atoms with E-state index in [0.29, 0.717) is 27.6 Å². The number of rotatable bonds is 6. The van der Waals surface area contributed by atoms with Gasteiger partial charge in [0.15, 0.2) is 11.5 Å². The molecule has 2 heterocycles. The molecule has 180 valence electrons. The number of aromatic nitrogens is 1. The molecule has 0 bridgehead atoms. The molecule has 0 saturated heterocycles. The topological polar surface area (TPSA) is 134 Å². The van der Waals surface area contributed by atoms with E-state index in [1.807, 2.05) is 5.38 Å². The lowest BCUT2D eigenvalue weighted by Crippen LogP contribution is -2.19. The van der Waals surface area contributed by atoms with Gasteiger partial charge in [0.25, 0.3) is 11.4 Å². The molecule has 3 aromatic rings. The normalized spacial score (nSPS) is 16.2. The Bertz CT molecular complexity index is 1390. The van der Waals surface area contributed by atoms with Crippen LogP contribution in [0.25, 0.3) is 11.3 Å². The van der Waals surface area contributed by atoms with Crippen molar-refractivity contribution in [1.82, 2.24) is 4.68 Å². The summed E-state index contributed by atoms with van der Waals surface area (Å²) in [6, 6.07) is 9.27. The molecule has 1 aliphatic heterocycles. The molecule has 1 fully saturated rings. The lowest BCUT2D eigenvalue weighted by atomic mass is 9.96. The van der Waals surface area contributed by atoms with Gasteiger partial charge < -0.3 is 9.47 Å². The van der Waals surface area contributed by atoms with Crippen LogP contribution in [0.3, 0.4) is 0 Å². The smallest absolute Gasteiger partial charge is 0.282 e. The van der Waals surface area contributed by atoms with Gasteiger partial charge in [-0.3, -0.25) is 25.2 Å². The summed E-state index contributed by atoms with van der Waals surface area (Å²) in [5.74, 6) is 0.709. The molecule has 0 N–H and O–H groups in total. The van der Waals surface area contributed by atoms with Crippen LogP contribution >= 0.6 is 11.3 Å². The molecule has 2 aliphatic rings. The average molecular weight is 496 g/mol. The van der Waals surface area contributed by atoms with Crippen molar-refractivity contribution in [1.29, 1.82) is 0 Å². The van der Waals surface area contributed by atoms with Crippen LogP contribution in [0.5, 0.6) is 11.5 Å². The van der Waals surface area contributed by atoms with Gasteiger partial charge in [0.05, 0.1) is 39.4 Å². The first kappa shape index (κ1) is 22.7. The average Bonchev–Trinajstić information content (AvgIpc) is 3.49. The van der Waals surface area contributed by atoms with E-state index in [-0.39, 0.29) is 29.8 Å². The Kier molecular flexibility index (Phi) is 6.27. The molecule has 11 nitrogen and oxygen atoms in total. The molecular weight excluding hydrogens is 474 g/mol. The van der Waals surface area contributed by atoms with Gasteiger partial charge in [-0.15, -0.1) is 11.3 Å². The van der Waals surface area contributed by atoms with E-state index < -0.39 is 9.85 Å². The second kappa shape index (κ2) is 9.66. The van der Waals surface area contributed by atoms with Gasteiger partial charge in [-0.05, 0) is 18.9 Å². The number of non-ortho nitro benzene ring substituents is 1. The van der Waals surface area contributed by atoms with Gasteiger partial charge in [-0.2, -0.15) is 5.10 Å². The van der Waals surface area contributed by atoms with Crippen LogP contribution < -0.4 is 14.3 Å². The van der Waals surface area contributed by atoms with E-state index in [0.717, 1.165) is 25.7 Å². The van der Waals surface area contributed by atoms with Gasteiger partial charge >= 0.3 is 0 Å². The number of hydrogen-bond acceptors (Lipinski definition) is 9. The summed E-state index contributed by atoms with van der Waals surface area (Å²) in [7, 11) is 0. The minimum Gasteiger partial charge on any atom is -0.454 e. The number of hydrogen-bond donors (Lipinski definition) is 0. The first-order chi connectivity index (χ1) is 17.0. The van der Waals surface area contributed by atoms with Crippen molar-refractivity contribution in [2.75, 3.05) is 6.79 Å². The Balaban J connectivity index is 1.62. The molecule has 35 heavy (non-hydrogen) atoms. The summed E-state index contributed by atoms with van der Waals surface area (Å²) >= 11 is 1.38. The third-order valence-corrected chi connectivity index (χ3v) is 6.77. The summed E-state index contributed by atoms with van der Waals surface area (Å²) in [4.78, 5) is 27.5. The number of nitro groups is 2. The molecule has 0 radical (unpaired) electrons. The highest BCUT2D eigenvalue weighted by molar-refractivity contribution is 7.07. The Morgan fingerprint density at radius 1 is 1.03 bits per heavy atom. The largest absolute Gasteiger partial charge is 0.454 e. The molecule has 1 aromatic heterocycles. The molecule has 2 aromatic carbocycles. The maximum Gasteiger partial charge on any atom is 0.282 e. The molecule has 1 aliphatic carbocycles. The standard InChI is InChI=1S/C23H21N5O6S/c29-27(30)18-8-4-5-15(9-18)20-13-35-23(25-17-6-2-1-3-7-17)26(20)24-12-16-10-21-22(34-14-33-21)11-19(16)28(31)32/h4-5,8-13,17H,1-3,6-7,14H2. The predicted molar refractivity (Wildman–Crippen MR) is 129 cm³/mol. The number of thiazole rings is 1. The third-order valence-electron chi connectivity index (χ3n) is 5.94. The van der Waals surface area contributed by atoms with E-state index in [1.54, 1.807) is 16.8 Å². The van der Waals surface area contributed by atoms with Crippen molar-refractivity contribution in [2.45, 2.75) is 38.1 Å². The fourth-order valence-electron chi connectivity index (χ4n) is 4.17.